The zero-order valence-electron chi connectivity index (χ0n) is 12.9. The van der Waals surface area contributed by atoms with Gasteiger partial charge in [0.25, 0.3) is 5.91 Å². The predicted octanol–water partition coefficient (Wildman–Crippen LogP) is 0.896. The number of fused-ring (bicyclic) bond motifs is 1. The van der Waals surface area contributed by atoms with Crippen LogP contribution in [-0.2, 0) is 17.7 Å². The van der Waals surface area contributed by atoms with Crippen LogP contribution in [0.25, 0.3) is 0 Å². The van der Waals surface area contributed by atoms with Crippen LogP contribution in [0.4, 0.5) is 0 Å². The van der Waals surface area contributed by atoms with Gasteiger partial charge in [0.1, 0.15) is 0 Å². The maximum atomic E-state index is 12.6. The smallest absolute Gasteiger partial charge is 0.274 e. The van der Waals surface area contributed by atoms with Crippen molar-refractivity contribution in [3.05, 3.63) is 17.0 Å². The van der Waals surface area contributed by atoms with E-state index in [0.29, 0.717) is 37.9 Å². The number of ether oxygens (including phenoxy) is 1. The molecular formula is C15H24N4O2. The van der Waals surface area contributed by atoms with Crippen molar-refractivity contribution in [1.29, 1.82) is 0 Å². The Morgan fingerprint density at radius 1 is 1.33 bits per heavy atom. The molecule has 3 rings (SSSR count). The first-order valence-corrected chi connectivity index (χ1v) is 7.80. The molecule has 6 nitrogen and oxygen atoms in total. The van der Waals surface area contributed by atoms with Crippen LogP contribution in [0.15, 0.2) is 0 Å². The zero-order valence-corrected chi connectivity index (χ0v) is 12.9. The Balaban J connectivity index is 1.72. The molecule has 0 radical (unpaired) electrons. The molecule has 0 bridgehead atoms. The molecular weight excluding hydrogens is 268 g/mol. The van der Waals surface area contributed by atoms with Gasteiger partial charge in [-0.1, -0.05) is 13.8 Å². The largest absolute Gasteiger partial charge is 0.378 e. The van der Waals surface area contributed by atoms with Crippen LogP contribution in [0.2, 0.25) is 0 Å². The molecule has 0 unspecified atom stereocenters. The fourth-order valence-corrected chi connectivity index (χ4v) is 3.14. The summed E-state index contributed by atoms with van der Waals surface area (Å²) in [6.07, 6.45) is 0.907. The molecule has 1 amide bonds. The predicted molar refractivity (Wildman–Crippen MR) is 79.1 cm³/mol. The topological polar surface area (TPSA) is 61.5 Å². The van der Waals surface area contributed by atoms with E-state index in [1.807, 2.05) is 4.90 Å². The lowest BCUT2D eigenvalue weighted by atomic mass is 10.0. The quantitative estimate of drug-likeness (QED) is 0.899. The van der Waals surface area contributed by atoms with Gasteiger partial charge in [-0.3, -0.25) is 14.8 Å². The number of amides is 1. The minimum absolute atomic E-state index is 0.0492. The first-order valence-electron chi connectivity index (χ1n) is 7.80. The van der Waals surface area contributed by atoms with Gasteiger partial charge < -0.3 is 9.64 Å². The second kappa shape index (κ2) is 6.15. The maximum Gasteiger partial charge on any atom is 0.274 e. The van der Waals surface area contributed by atoms with Gasteiger partial charge in [0.2, 0.25) is 0 Å². The molecule has 2 aliphatic rings. The fourth-order valence-electron chi connectivity index (χ4n) is 3.14. The standard InChI is InChI=1S/C15H24N4O2/c1-11(2)9-18-4-3-12-13(10-18)16-17-14(12)15(20)19-5-7-21-8-6-19/h11H,3-10H2,1-2H3,(H,16,17). The highest BCUT2D eigenvalue weighted by atomic mass is 16.5. The molecule has 0 saturated carbocycles. The molecule has 0 aromatic carbocycles. The van der Waals surface area contributed by atoms with E-state index in [-0.39, 0.29) is 5.91 Å². The number of morpholine rings is 1. The summed E-state index contributed by atoms with van der Waals surface area (Å²) in [7, 11) is 0. The molecule has 1 N–H and O–H groups in total. The van der Waals surface area contributed by atoms with Crippen LogP contribution in [-0.4, -0.2) is 65.3 Å². The number of aromatic amines is 1. The van der Waals surface area contributed by atoms with Crippen LogP contribution in [0.1, 0.15) is 35.6 Å². The Morgan fingerprint density at radius 3 is 2.81 bits per heavy atom. The van der Waals surface area contributed by atoms with Gasteiger partial charge in [0, 0.05) is 38.3 Å². The van der Waals surface area contributed by atoms with E-state index in [0.717, 1.165) is 37.3 Å². The Morgan fingerprint density at radius 2 is 2.10 bits per heavy atom. The lowest BCUT2D eigenvalue weighted by molar-refractivity contribution is 0.0298. The highest BCUT2D eigenvalue weighted by Gasteiger charge is 2.28. The lowest BCUT2D eigenvalue weighted by Gasteiger charge is -2.29. The van der Waals surface area contributed by atoms with E-state index in [1.54, 1.807) is 0 Å². The van der Waals surface area contributed by atoms with Crippen LogP contribution in [0.3, 0.4) is 0 Å². The highest BCUT2D eigenvalue weighted by Crippen LogP contribution is 2.22. The number of hydrogen-bond donors (Lipinski definition) is 1. The van der Waals surface area contributed by atoms with Crippen molar-refractivity contribution >= 4 is 5.91 Å². The van der Waals surface area contributed by atoms with Crippen LogP contribution in [0, 0.1) is 5.92 Å². The summed E-state index contributed by atoms with van der Waals surface area (Å²) < 4.78 is 5.30. The average Bonchev–Trinajstić information content (AvgIpc) is 2.90. The number of carbonyl (C=O) groups is 1. The first-order chi connectivity index (χ1) is 10.1. The van der Waals surface area contributed by atoms with E-state index >= 15 is 0 Å². The van der Waals surface area contributed by atoms with Gasteiger partial charge in [-0.2, -0.15) is 5.10 Å². The molecule has 1 saturated heterocycles. The second-order valence-electron chi connectivity index (χ2n) is 6.31. The van der Waals surface area contributed by atoms with Crippen molar-refractivity contribution in [1.82, 2.24) is 20.0 Å². The molecule has 1 aromatic heterocycles. The second-order valence-corrected chi connectivity index (χ2v) is 6.31. The zero-order chi connectivity index (χ0) is 14.8. The van der Waals surface area contributed by atoms with E-state index in [9.17, 15) is 4.79 Å². The minimum atomic E-state index is 0.0492. The van der Waals surface area contributed by atoms with E-state index in [4.69, 9.17) is 4.74 Å². The maximum absolute atomic E-state index is 12.6. The summed E-state index contributed by atoms with van der Waals surface area (Å²) in [5.41, 5.74) is 2.85. The number of nitrogens with one attached hydrogen (secondary N) is 1. The van der Waals surface area contributed by atoms with Crippen molar-refractivity contribution < 1.29 is 9.53 Å². The molecule has 0 spiro atoms. The van der Waals surface area contributed by atoms with E-state index in [2.05, 4.69) is 28.9 Å². The third-order valence-electron chi connectivity index (χ3n) is 4.14. The first kappa shape index (κ1) is 14.5. The lowest BCUT2D eigenvalue weighted by Crippen LogP contribution is -2.41. The Hall–Kier alpha value is -1.40. The summed E-state index contributed by atoms with van der Waals surface area (Å²) in [5, 5.41) is 7.38. The molecule has 0 atom stereocenters. The van der Waals surface area contributed by atoms with Crippen molar-refractivity contribution in [3.63, 3.8) is 0 Å². The monoisotopic (exact) mass is 292 g/mol. The molecule has 6 heteroatoms. The Labute approximate surface area is 125 Å². The van der Waals surface area contributed by atoms with Crippen LogP contribution >= 0.6 is 0 Å². The third kappa shape index (κ3) is 3.11. The number of hydrogen-bond acceptors (Lipinski definition) is 4. The summed E-state index contributed by atoms with van der Waals surface area (Å²) in [4.78, 5) is 16.8. The van der Waals surface area contributed by atoms with Crippen molar-refractivity contribution in [2.24, 2.45) is 5.92 Å². The summed E-state index contributed by atoms with van der Waals surface area (Å²) in [5.74, 6) is 0.706. The number of H-pyrrole nitrogens is 1. The van der Waals surface area contributed by atoms with Gasteiger partial charge in [-0.15, -0.1) is 0 Å². The summed E-state index contributed by atoms with van der Waals surface area (Å²) in [6.45, 7) is 10.0. The van der Waals surface area contributed by atoms with E-state index in [1.165, 1.54) is 0 Å². The van der Waals surface area contributed by atoms with Crippen molar-refractivity contribution in [3.8, 4) is 0 Å². The van der Waals surface area contributed by atoms with Gasteiger partial charge in [-0.25, -0.2) is 0 Å². The molecule has 116 valence electrons. The Kier molecular flexibility index (Phi) is 4.26. The van der Waals surface area contributed by atoms with Gasteiger partial charge >= 0.3 is 0 Å². The molecule has 3 heterocycles. The Bertz CT molecular complexity index is 506. The van der Waals surface area contributed by atoms with E-state index < -0.39 is 0 Å². The number of aromatic nitrogens is 2. The highest BCUT2D eigenvalue weighted by molar-refractivity contribution is 5.94. The average molecular weight is 292 g/mol. The number of carbonyl (C=O) groups excluding carboxylic acids is 1. The van der Waals surface area contributed by atoms with Crippen molar-refractivity contribution in [2.45, 2.75) is 26.8 Å². The summed E-state index contributed by atoms with van der Waals surface area (Å²) >= 11 is 0. The van der Waals surface area contributed by atoms with Gasteiger partial charge in [0.05, 0.1) is 18.9 Å². The minimum Gasteiger partial charge on any atom is -0.378 e. The van der Waals surface area contributed by atoms with Crippen LogP contribution in [0.5, 0.6) is 0 Å². The van der Waals surface area contributed by atoms with Crippen LogP contribution < -0.4 is 0 Å². The SMILES string of the molecule is CC(C)CN1CCc2c(C(=O)N3CCOCC3)n[nH]c2C1. The molecule has 1 aromatic rings. The van der Waals surface area contributed by atoms with Gasteiger partial charge in [0.15, 0.2) is 5.69 Å². The number of nitrogens with zero attached hydrogens (tertiary/aromatic N) is 3. The normalized spacial score (nSPS) is 19.9. The van der Waals surface area contributed by atoms with Crippen molar-refractivity contribution in [2.75, 3.05) is 39.4 Å². The molecule has 1 fully saturated rings. The fraction of sp³-hybridized carbons (Fsp3) is 0.733. The number of rotatable bonds is 3. The molecule has 21 heavy (non-hydrogen) atoms. The third-order valence-corrected chi connectivity index (χ3v) is 4.14. The summed E-state index contributed by atoms with van der Waals surface area (Å²) in [6, 6.07) is 0. The van der Waals surface area contributed by atoms with Gasteiger partial charge in [-0.05, 0) is 12.3 Å². The molecule has 0 aliphatic carbocycles. The molecule has 2 aliphatic heterocycles.